The molecule has 1 amide bonds. The number of hydrogen-bond donors (Lipinski definition) is 1. The van der Waals surface area contributed by atoms with Crippen LogP contribution in [0.5, 0.6) is 0 Å². The molecule has 7 heteroatoms. The summed E-state index contributed by atoms with van der Waals surface area (Å²) in [5.74, 6) is 2.15. The van der Waals surface area contributed by atoms with Crippen molar-refractivity contribution in [2.45, 2.75) is 37.5 Å². The van der Waals surface area contributed by atoms with Gasteiger partial charge in [0.05, 0.1) is 31.2 Å². The van der Waals surface area contributed by atoms with E-state index in [1.165, 1.54) is 14.2 Å². The van der Waals surface area contributed by atoms with Crippen LogP contribution in [0.15, 0.2) is 29.2 Å². The zero-order chi connectivity index (χ0) is 18.2. The van der Waals surface area contributed by atoms with Gasteiger partial charge in [-0.05, 0) is 25.5 Å². The summed E-state index contributed by atoms with van der Waals surface area (Å²) in [5, 5.41) is 11.1. The standard InChI is InChI=1S/C18H23NO6/c1-18(10-23-2)17(22)16(19-8-4-5-14(19)21)15-11(9-20)12(24-3)6-7-13(15)25-18/h6-7,15-17,22H,4-5,8,10H2,1-3H3. The second kappa shape index (κ2) is 6.67. The molecule has 4 atom stereocenters. The van der Waals surface area contributed by atoms with Crippen molar-refractivity contribution in [3.05, 3.63) is 29.2 Å². The first-order valence-corrected chi connectivity index (χ1v) is 8.33. The number of carbonyl (C=O) groups excluding carboxylic acids is 2. The maximum Gasteiger partial charge on any atom is 0.223 e. The van der Waals surface area contributed by atoms with E-state index in [9.17, 15) is 14.7 Å². The first-order chi connectivity index (χ1) is 12.0. The molecule has 4 unspecified atom stereocenters. The Labute approximate surface area is 146 Å². The Balaban J connectivity index is 2.10. The number of aliphatic hydroxyl groups excluding tert-OH is 1. The Morgan fingerprint density at radius 1 is 1.44 bits per heavy atom. The maximum atomic E-state index is 12.4. The fourth-order valence-corrected chi connectivity index (χ4v) is 3.98. The summed E-state index contributed by atoms with van der Waals surface area (Å²) in [5.41, 5.74) is -0.778. The maximum absolute atomic E-state index is 12.4. The van der Waals surface area contributed by atoms with Crippen LogP contribution in [0.4, 0.5) is 0 Å². The van der Waals surface area contributed by atoms with Gasteiger partial charge in [0, 0.05) is 20.1 Å². The lowest BCUT2D eigenvalue weighted by molar-refractivity contribution is -0.183. The number of allylic oxidation sites excluding steroid dienone is 3. The highest BCUT2D eigenvalue weighted by Crippen LogP contribution is 2.45. The van der Waals surface area contributed by atoms with Crippen molar-refractivity contribution in [1.82, 2.24) is 4.90 Å². The minimum atomic E-state index is -1.03. The van der Waals surface area contributed by atoms with Gasteiger partial charge < -0.3 is 24.2 Å². The highest BCUT2D eigenvalue weighted by Gasteiger charge is 2.56. The van der Waals surface area contributed by atoms with Gasteiger partial charge in [0.25, 0.3) is 0 Å². The molecule has 2 aliphatic heterocycles. The number of nitrogens with zero attached hydrogens (tertiary/aromatic N) is 1. The predicted octanol–water partition coefficient (Wildman–Crippen LogP) is 0.576. The van der Waals surface area contributed by atoms with Crippen molar-refractivity contribution in [2.75, 3.05) is 27.4 Å². The van der Waals surface area contributed by atoms with E-state index in [2.05, 4.69) is 0 Å². The van der Waals surface area contributed by atoms with Crippen LogP contribution >= 0.6 is 0 Å². The zero-order valence-electron chi connectivity index (χ0n) is 14.7. The Hall–Kier alpha value is -2.08. The minimum absolute atomic E-state index is 0.0381. The number of fused-ring (bicyclic) bond motifs is 1. The van der Waals surface area contributed by atoms with Crippen molar-refractivity contribution in [1.29, 1.82) is 0 Å². The third-order valence-corrected chi connectivity index (χ3v) is 5.15. The summed E-state index contributed by atoms with van der Waals surface area (Å²) < 4.78 is 16.5. The van der Waals surface area contributed by atoms with Crippen LogP contribution in [0.25, 0.3) is 0 Å². The van der Waals surface area contributed by atoms with Crippen LogP contribution in [-0.4, -0.2) is 67.0 Å². The van der Waals surface area contributed by atoms with Gasteiger partial charge in [0.2, 0.25) is 5.91 Å². The normalized spacial score (nSPS) is 34.7. The number of aliphatic hydroxyl groups is 1. The van der Waals surface area contributed by atoms with Gasteiger partial charge in [-0.25, -0.2) is 4.79 Å². The predicted molar refractivity (Wildman–Crippen MR) is 88.0 cm³/mol. The lowest BCUT2D eigenvalue weighted by atomic mass is 9.75. The van der Waals surface area contributed by atoms with Crippen molar-refractivity contribution >= 4 is 11.8 Å². The molecule has 0 bridgehead atoms. The molecule has 0 aromatic carbocycles. The van der Waals surface area contributed by atoms with Crippen molar-refractivity contribution in [2.24, 2.45) is 5.92 Å². The Kier molecular flexibility index (Phi) is 4.73. The molecule has 1 aliphatic carbocycles. The van der Waals surface area contributed by atoms with Gasteiger partial charge in [0.1, 0.15) is 23.6 Å². The minimum Gasteiger partial charge on any atom is -0.496 e. The van der Waals surface area contributed by atoms with E-state index >= 15 is 0 Å². The lowest BCUT2D eigenvalue weighted by Gasteiger charge is -2.51. The molecule has 2 saturated heterocycles. The summed E-state index contributed by atoms with van der Waals surface area (Å²) in [6, 6.07) is -0.634. The quantitative estimate of drug-likeness (QED) is 0.747. The first kappa shape index (κ1) is 17.7. The smallest absolute Gasteiger partial charge is 0.223 e. The molecular formula is C18H23NO6. The monoisotopic (exact) mass is 349 g/mol. The van der Waals surface area contributed by atoms with E-state index in [0.29, 0.717) is 24.5 Å². The number of ether oxygens (including phenoxy) is 3. The fraction of sp³-hybridized carbons (Fsp3) is 0.611. The molecule has 2 fully saturated rings. The topological polar surface area (TPSA) is 85.3 Å². The van der Waals surface area contributed by atoms with Gasteiger partial charge in [-0.2, -0.15) is 0 Å². The Bertz CT molecular complexity index is 677. The fourth-order valence-electron chi connectivity index (χ4n) is 3.98. The number of likely N-dealkylation sites (tertiary alicyclic amines) is 1. The van der Waals surface area contributed by atoms with E-state index in [4.69, 9.17) is 14.2 Å². The van der Waals surface area contributed by atoms with Crippen molar-refractivity contribution in [3.8, 4) is 0 Å². The molecule has 0 radical (unpaired) electrons. The van der Waals surface area contributed by atoms with Crippen LogP contribution in [0.3, 0.4) is 0 Å². The highest BCUT2D eigenvalue weighted by atomic mass is 16.6. The summed E-state index contributed by atoms with van der Waals surface area (Å²) in [4.78, 5) is 25.7. The third kappa shape index (κ3) is 2.78. The molecule has 0 saturated carbocycles. The van der Waals surface area contributed by atoms with Crippen LogP contribution in [0, 0.1) is 5.92 Å². The summed E-state index contributed by atoms with van der Waals surface area (Å²) in [6.07, 6.45) is 3.49. The molecule has 25 heavy (non-hydrogen) atoms. The molecular weight excluding hydrogens is 326 g/mol. The number of carbonyl (C=O) groups is 1. The third-order valence-electron chi connectivity index (χ3n) is 5.15. The van der Waals surface area contributed by atoms with Crippen LogP contribution in [-0.2, 0) is 23.8 Å². The SMILES string of the molecule is COCC1(C)OC2=CC=C(OC)C(=C=O)C2C(N2CCCC2=O)C1O. The molecule has 0 spiro atoms. The molecule has 0 aromatic heterocycles. The van der Waals surface area contributed by atoms with E-state index in [-0.39, 0.29) is 18.1 Å². The Morgan fingerprint density at radius 3 is 2.76 bits per heavy atom. The van der Waals surface area contributed by atoms with E-state index < -0.39 is 23.7 Å². The largest absolute Gasteiger partial charge is 0.496 e. The molecule has 1 N–H and O–H groups in total. The first-order valence-electron chi connectivity index (χ1n) is 8.33. The van der Waals surface area contributed by atoms with Gasteiger partial charge >= 0.3 is 0 Å². The molecule has 2 heterocycles. The number of methoxy groups -OCH3 is 2. The van der Waals surface area contributed by atoms with Gasteiger partial charge in [-0.15, -0.1) is 0 Å². The van der Waals surface area contributed by atoms with E-state index in [1.807, 2.05) is 5.94 Å². The average molecular weight is 349 g/mol. The van der Waals surface area contributed by atoms with Crippen LogP contribution < -0.4 is 0 Å². The van der Waals surface area contributed by atoms with Gasteiger partial charge in [-0.3, -0.25) is 4.79 Å². The zero-order valence-corrected chi connectivity index (χ0v) is 14.7. The van der Waals surface area contributed by atoms with Crippen LogP contribution in [0.2, 0.25) is 0 Å². The molecule has 0 aromatic rings. The number of rotatable bonds is 4. The second-order valence-corrected chi connectivity index (χ2v) is 6.77. The van der Waals surface area contributed by atoms with Gasteiger partial charge in [-0.1, -0.05) is 0 Å². The second-order valence-electron chi connectivity index (χ2n) is 6.77. The highest BCUT2D eigenvalue weighted by molar-refractivity contribution is 5.79. The Morgan fingerprint density at radius 2 is 2.20 bits per heavy atom. The summed E-state index contributed by atoms with van der Waals surface area (Å²) in [6.45, 7) is 2.43. The summed E-state index contributed by atoms with van der Waals surface area (Å²) >= 11 is 0. The van der Waals surface area contributed by atoms with E-state index in [1.54, 1.807) is 24.0 Å². The number of hydrogen-bond acceptors (Lipinski definition) is 6. The van der Waals surface area contributed by atoms with Crippen LogP contribution in [0.1, 0.15) is 19.8 Å². The molecule has 3 aliphatic rings. The lowest BCUT2D eigenvalue weighted by Crippen LogP contribution is -2.64. The van der Waals surface area contributed by atoms with Gasteiger partial charge in [0.15, 0.2) is 5.60 Å². The average Bonchev–Trinajstić information content (AvgIpc) is 3.01. The summed E-state index contributed by atoms with van der Waals surface area (Å²) in [7, 11) is 2.99. The molecule has 136 valence electrons. The van der Waals surface area contributed by atoms with Crippen molar-refractivity contribution in [3.63, 3.8) is 0 Å². The number of amides is 1. The molecule has 3 rings (SSSR count). The van der Waals surface area contributed by atoms with E-state index in [0.717, 1.165) is 6.42 Å². The molecule has 7 nitrogen and oxygen atoms in total. The van der Waals surface area contributed by atoms with Crippen molar-refractivity contribution < 1.29 is 28.9 Å².